The predicted molar refractivity (Wildman–Crippen MR) is 81.9 cm³/mol. The Labute approximate surface area is 121 Å². The van der Waals surface area contributed by atoms with Gasteiger partial charge in [-0.2, -0.15) is 0 Å². The maximum absolute atomic E-state index is 5.53. The van der Waals surface area contributed by atoms with Gasteiger partial charge in [-0.1, -0.05) is 6.07 Å². The summed E-state index contributed by atoms with van der Waals surface area (Å²) in [6.45, 7) is 2.14. The summed E-state index contributed by atoms with van der Waals surface area (Å²) in [5, 5.41) is 3.63. The molecule has 2 nitrogen and oxygen atoms in total. The molecule has 18 heavy (non-hydrogen) atoms. The maximum atomic E-state index is 5.53. The molecule has 1 unspecified atom stereocenters. The Kier molecular flexibility index (Phi) is 3.33. The van der Waals surface area contributed by atoms with Gasteiger partial charge in [0, 0.05) is 21.2 Å². The van der Waals surface area contributed by atoms with Gasteiger partial charge in [0.15, 0.2) is 0 Å². The number of aryl methyl sites for hydroxylation is 2. The van der Waals surface area contributed by atoms with Gasteiger partial charge in [0.2, 0.25) is 0 Å². The highest BCUT2D eigenvalue weighted by atomic mass is 127. The Morgan fingerprint density at radius 1 is 1.33 bits per heavy atom. The molecule has 1 aliphatic carbocycles. The summed E-state index contributed by atoms with van der Waals surface area (Å²) in [4.78, 5) is 0. The van der Waals surface area contributed by atoms with E-state index >= 15 is 0 Å². The lowest BCUT2D eigenvalue weighted by Gasteiger charge is -2.24. The molecule has 1 heterocycles. The Hall–Kier alpha value is -0.970. The monoisotopic (exact) mass is 353 g/mol. The fraction of sp³-hybridized carbons (Fsp3) is 0.333. The highest BCUT2D eigenvalue weighted by molar-refractivity contribution is 14.1. The molecule has 94 valence electrons. The number of hydrogen-bond acceptors (Lipinski definition) is 2. The van der Waals surface area contributed by atoms with Crippen LogP contribution in [0.3, 0.4) is 0 Å². The molecule has 3 heteroatoms. The molecule has 0 spiro atoms. The molecule has 0 saturated carbocycles. The second-order valence-corrected chi connectivity index (χ2v) is 6.01. The van der Waals surface area contributed by atoms with Gasteiger partial charge in [0.1, 0.15) is 5.76 Å². The number of anilines is 1. The lowest BCUT2D eigenvalue weighted by atomic mass is 9.93. The van der Waals surface area contributed by atoms with E-state index in [-0.39, 0.29) is 0 Å². The molecule has 0 radical (unpaired) electrons. The maximum Gasteiger partial charge on any atom is 0.109 e. The van der Waals surface area contributed by atoms with Gasteiger partial charge in [-0.25, -0.2) is 0 Å². The number of rotatable bonds is 2. The van der Waals surface area contributed by atoms with Crippen molar-refractivity contribution in [2.75, 3.05) is 5.32 Å². The quantitative estimate of drug-likeness (QED) is 0.793. The zero-order valence-corrected chi connectivity index (χ0v) is 12.5. The minimum Gasteiger partial charge on any atom is -0.469 e. The van der Waals surface area contributed by atoms with Crippen LogP contribution in [0.2, 0.25) is 0 Å². The zero-order chi connectivity index (χ0) is 12.5. The second kappa shape index (κ2) is 4.96. The summed E-state index contributed by atoms with van der Waals surface area (Å²) in [6.07, 6.45) is 5.26. The Bertz CT molecular complexity index is 561. The predicted octanol–water partition coefficient (Wildman–Crippen LogP) is 4.68. The Morgan fingerprint density at radius 3 is 3.06 bits per heavy atom. The van der Waals surface area contributed by atoms with Crippen LogP contribution < -0.4 is 5.32 Å². The van der Waals surface area contributed by atoms with Gasteiger partial charge in [-0.05, 0) is 66.1 Å². The minimum atomic E-state index is 0.394. The molecule has 1 N–H and O–H groups in total. The van der Waals surface area contributed by atoms with Crippen molar-refractivity contribution < 1.29 is 4.42 Å². The number of benzene rings is 1. The first-order valence-corrected chi connectivity index (χ1v) is 7.41. The second-order valence-electron chi connectivity index (χ2n) is 4.85. The Morgan fingerprint density at radius 2 is 2.22 bits per heavy atom. The van der Waals surface area contributed by atoms with Crippen LogP contribution in [0.4, 0.5) is 5.69 Å². The van der Waals surface area contributed by atoms with E-state index in [2.05, 4.69) is 59.1 Å². The molecular formula is C15H16INO. The van der Waals surface area contributed by atoms with Crippen LogP contribution in [0, 0.1) is 10.5 Å². The van der Waals surface area contributed by atoms with Crippen LogP contribution >= 0.6 is 22.6 Å². The van der Waals surface area contributed by atoms with Gasteiger partial charge in [-0.15, -0.1) is 0 Å². The molecular weight excluding hydrogens is 337 g/mol. The Balaban J connectivity index is 1.84. The summed E-state index contributed by atoms with van der Waals surface area (Å²) >= 11 is 2.38. The van der Waals surface area contributed by atoms with E-state index in [0.29, 0.717) is 6.04 Å². The van der Waals surface area contributed by atoms with Crippen LogP contribution in [0.25, 0.3) is 0 Å². The van der Waals surface area contributed by atoms with Crippen LogP contribution in [-0.2, 0) is 6.42 Å². The normalized spacial score (nSPS) is 18.4. The van der Waals surface area contributed by atoms with E-state index in [9.17, 15) is 0 Å². The third-order valence-electron chi connectivity index (χ3n) is 3.56. The van der Waals surface area contributed by atoms with Crippen molar-refractivity contribution in [3.05, 3.63) is 51.0 Å². The average Bonchev–Trinajstić information content (AvgIpc) is 2.83. The first-order chi connectivity index (χ1) is 8.74. The fourth-order valence-corrected chi connectivity index (χ4v) is 3.04. The number of fused-ring (bicyclic) bond motifs is 1. The van der Waals surface area contributed by atoms with Crippen LogP contribution in [0.15, 0.2) is 34.9 Å². The number of nitrogens with one attached hydrogen (secondary N) is 1. The van der Waals surface area contributed by atoms with E-state index in [0.717, 1.165) is 12.2 Å². The molecule has 1 aliphatic rings. The minimum absolute atomic E-state index is 0.394. The highest BCUT2D eigenvalue weighted by Crippen LogP contribution is 2.33. The average molecular weight is 353 g/mol. The third kappa shape index (κ3) is 2.28. The molecule has 0 saturated heterocycles. The number of halogens is 1. The van der Waals surface area contributed by atoms with Crippen molar-refractivity contribution in [3.63, 3.8) is 0 Å². The molecule has 0 aliphatic heterocycles. The highest BCUT2D eigenvalue weighted by Gasteiger charge is 2.22. The summed E-state index contributed by atoms with van der Waals surface area (Å²) in [6, 6.07) is 9.04. The lowest BCUT2D eigenvalue weighted by Crippen LogP contribution is -2.15. The van der Waals surface area contributed by atoms with Gasteiger partial charge in [0.05, 0.1) is 12.3 Å². The van der Waals surface area contributed by atoms with Crippen molar-refractivity contribution in [2.45, 2.75) is 32.2 Å². The van der Waals surface area contributed by atoms with Crippen molar-refractivity contribution in [1.29, 1.82) is 0 Å². The largest absolute Gasteiger partial charge is 0.469 e. The van der Waals surface area contributed by atoms with Crippen molar-refractivity contribution in [2.24, 2.45) is 0 Å². The summed E-state index contributed by atoms with van der Waals surface area (Å²) < 4.78 is 6.83. The number of hydrogen-bond donors (Lipinski definition) is 1. The van der Waals surface area contributed by atoms with E-state index in [1.807, 2.05) is 6.26 Å². The van der Waals surface area contributed by atoms with Gasteiger partial charge < -0.3 is 9.73 Å². The molecule has 0 amide bonds. The summed E-state index contributed by atoms with van der Waals surface area (Å²) in [5.41, 5.74) is 3.86. The third-order valence-corrected chi connectivity index (χ3v) is 4.73. The first kappa shape index (κ1) is 12.1. The van der Waals surface area contributed by atoms with E-state index in [1.165, 1.54) is 33.2 Å². The van der Waals surface area contributed by atoms with E-state index < -0.39 is 0 Å². The van der Waals surface area contributed by atoms with Crippen molar-refractivity contribution in [1.82, 2.24) is 0 Å². The number of furan rings is 1. The molecule has 3 rings (SSSR count). The van der Waals surface area contributed by atoms with E-state index in [1.54, 1.807) is 0 Å². The lowest BCUT2D eigenvalue weighted by molar-refractivity contribution is 0.461. The standard InChI is InChI=1S/C15H16INO/c1-10-5-6-11(9-13(10)16)17-14-3-2-4-15-12(14)7-8-18-15/h5-9,14,17H,2-4H2,1H3. The molecule has 1 aromatic heterocycles. The van der Waals surface area contributed by atoms with Gasteiger partial charge >= 0.3 is 0 Å². The summed E-state index contributed by atoms with van der Waals surface area (Å²) in [5.74, 6) is 1.15. The zero-order valence-electron chi connectivity index (χ0n) is 10.4. The van der Waals surface area contributed by atoms with Gasteiger partial charge in [-0.3, -0.25) is 0 Å². The molecule has 0 bridgehead atoms. The van der Waals surface area contributed by atoms with Crippen LogP contribution in [-0.4, -0.2) is 0 Å². The molecule has 2 aromatic rings. The first-order valence-electron chi connectivity index (χ1n) is 6.33. The smallest absolute Gasteiger partial charge is 0.109 e. The molecule has 1 atom stereocenters. The van der Waals surface area contributed by atoms with Crippen molar-refractivity contribution in [3.8, 4) is 0 Å². The SMILES string of the molecule is Cc1ccc(NC2CCCc3occc32)cc1I. The van der Waals surface area contributed by atoms with Crippen LogP contribution in [0.1, 0.15) is 35.8 Å². The molecule has 1 aromatic carbocycles. The van der Waals surface area contributed by atoms with Crippen LogP contribution in [0.5, 0.6) is 0 Å². The van der Waals surface area contributed by atoms with Crippen molar-refractivity contribution >= 4 is 28.3 Å². The van der Waals surface area contributed by atoms with Gasteiger partial charge in [0.25, 0.3) is 0 Å². The summed E-state index contributed by atoms with van der Waals surface area (Å²) in [7, 11) is 0. The fourth-order valence-electron chi connectivity index (χ4n) is 2.52. The molecule has 0 fully saturated rings. The van der Waals surface area contributed by atoms with E-state index in [4.69, 9.17) is 4.42 Å². The topological polar surface area (TPSA) is 25.2 Å².